The Bertz CT molecular complexity index is 600. The fourth-order valence-corrected chi connectivity index (χ4v) is 4.23. The van der Waals surface area contributed by atoms with Crippen molar-refractivity contribution in [3.8, 4) is 0 Å². The minimum absolute atomic E-state index is 0.00486. The van der Waals surface area contributed by atoms with Crippen molar-refractivity contribution in [2.45, 2.75) is 25.8 Å². The van der Waals surface area contributed by atoms with E-state index < -0.39 is 21.6 Å². The van der Waals surface area contributed by atoms with E-state index in [1.165, 1.54) is 23.1 Å². The van der Waals surface area contributed by atoms with Gasteiger partial charge in [-0.2, -0.15) is 0 Å². The summed E-state index contributed by atoms with van der Waals surface area (Å²) >= 11 is 0. The van der Waals surface area contributed by atoms with Gasteiger partial charge >= 0.3 is 0 Å². The fourth-order valence-electron chi connectivity index (χ4n) is 2.50. The molecule has 0 aliphatic carbocycles. The molecule has 0 unspecified atom stereocenters. The Balaban J connectivity index is 2.25. The summed E-state index contributed by atoms with van der Waals surface area (Å²) in [5, 5.41) is 0. The quantitative estimate of drug-likeness (QED) is 0.853. The van der Waals surface area contributed by atoms with Gasteiger partial charge in [-0.3, -0.25) is 4.79 Å². The van der Waals surface area contributed by atoms with Gasteiger partial charge in [-0.15, -0.1) is 0 Å². The van der Waals surface area contributed by atoms with E-state index in [4.69, 9.17) is 0 Å². The number of carbonyl (C=O) groups is 1. The van der Waals surface area contributed by atoms with Crippen LogP contribution in [0.25, 0.3) is 0 Å². The lowest BCUT2D eigenvalue weighted by Crippen LogP contribution is -2.42. The molecule has 6 heteroatoms. The summed E-state index contributed by atoms with van der Waals surface area (Å²) in [7, 11) is -3.07. The van der Waals surface area contributed by atoms with Crippen LogP contribution in [0.2, 0.25) is 0 Å². The fraction of sp³-hybridized carbons (Fsp3) is 0.500. The third-order valence-corrected chi connectivity index (χ3v) is 5.23. The molecule has 4 nitrogen and oxygen atoms in total. The second-order valence-corrected chi connectivity index (χ2v) is 7.26. The first-order chi connectivity index (χ1) is 9.44. The highest BCUT2D eigenvalue weighted by molar-refractivity contribution is 7.91. The number of hydrogen-bond donors (Lipinski definition) is 0. The molecule has 1 aliphatic heterocycles. The molecule has 0 radical (unpaired) electrons. The molecule has 0 aromatic heterocycles. The van der Waals surface area contributed by atoms with Crippen molar-refractivity contribution in [2.75, 3.05) is 18.1 Å². The van der Waals surface area contributed by atoms with E-state index in [0.29, 0.717) is 19.4 Å². The number of rotatable bonds is 4. The topological polar surface area (TPSA) is 54.5 Å². The lowest BCUT2D eigenvalue weighted by Gasteiger charge is -2.28. The normalized spacial score (nSPS) is 20.8. The van der Waals surface area contributed by atoms with Gasteiger partial charge in [0.05, 0.1) is 17.1 Å². The Kier molecular flexibility index (Phi) is 4.42. The van der Waals surface area contributed by atoms with E-state index in [1.807, 2.05) is 6.92 Å². The summed E-state index contributed by atoms with van der Waals surface area (Å²) in [6.07, 6.45) is 1.14. The molecule has 1 atom stereocenters. The average Bonchev–Trinajstić information content (AvgIpc) is 2.76. The van der Waals surface area contributed by atoms with Crippen molar-refractivity contribution in [1.82, 2.24) is 4.90 Å². The van der Waals surface area contributed by atoms with Crippen LogP contribution in [0.1, 0.15) is 30.1 Å². The monoisotopic (exact) mass is 299 g/mol. The first-order valence-corrected chi connectivity index (χ1v) is 8.52. The molecular formula is C14H18FNO3S. The molecule has 20 heavy (non-hydrogen) atoms. The summed E-state index contributed by atoms with van der Waals surface area (Å²) in [6, 6.07) is 5.46. The Morgan fingerprint density at radius 1 is 1.40 bits per heavy atom. The van der Waals surface area contributed by atoms with Gasteiger partial charge in [-0.05, 0) is 25.0 Å². The number of halogens is 1. The number of nitrogens with zero attached hydrogens (tertiary/aromatic N) is 1. The molecule has 1 fully saturated rings. The molecule has 110 valence electrons. The highest BCUT2D eigenvalue weighted by atomic mass is 32.2. The van der Waals surface area contributed by atoms with Crippen molar-refractivity contribution in [3.63, 3.8) is 0 Å². The highest BCUT2D eigenvalue weighted by Gasteiger charge is 2.35. The number of hydrogen-bond acceptors (Lipinski definition) is 3. The summed E-state index contributed by atoms with van der Waals surface area (Å²) in [5.41, 5.74) is 0.00486. The highest BCUT2D eigenvalue weighted by Crippen LogP contribution is 2.21. The van der Waals surface area contributed by atoms with Crippen LogP contribution in [0, 0.1) is 5.82 Å². The number of carbonyl (C=O) groups excluding carboxylic acids is 1. The predicted octanol–water partition coefficient (Wildman–Crippen LogP) is 1.86. The van der Waals surface area contributed by atoms with Gasteiger partial charge in [0.2, 0.25) is 0 Å². The molecule has 0 saturated carbocycles. The van der Waals surface area contributed by atoms with Crippen LogP contribution in [0.3, 0.4) is 0 Å². The lowest BCUT2D eigenvalue weighted by molar-refractivity contribution is 0.0692. The van der Waals surface area contributed by atoms with Crippen LogP contribution >= 0.6 is 0 Å². The maximum atomic E-state index is 13.7. The molecule has 0 spiro atoms. The molecule has 0 N–H and O–H groups in total. The second-order valence-electron chi connectivity index (χ2n) is 5.04. The number of benzene rings is 1. The van der Waals surface area contributed by atoms with Crippen molar-refractivity contribution in [2.24, 2.45) is 0 Å². The molecule has 2 rings (SSSR count). The van der Waals surface area contributed by atoms with Gasteiger partial charge in [0, 0.05) is 12.6 Å². The standard InChI is InChI=1S/C14H18FNO3S/c1-2-8-16(11-7-9-20(18,19)10-11)14(17)12-5-3-4-6-13(12)15/h3-6,11H,2,7-10H2,1H3/t11-/m0/s1. The molecule has 1 aliphatic rings. The van der Waals surface area contributed by atoms with Crippen LogP contribution in [0.4, 0.5) is 4.39 Å². The molecule has 1 aromatic rings. The largest absolute Gasteiger partial charge is 0.335 e. The molecule has 1 heterocycles. The smallest absolute Gasteiger partial charge is 0.257 e. The van der Waals surface area contributed by atoms with E-state index >= 15 is 0 Å². The predicted molar refractivity (Wildman–Crippen MR) is 74.8 cm³/mol. The molecular weight excluding hydrogens is 281 g/mol. The summed E-state index contributed by atoms with van der Waals surface area (Å²) in [6.45, 7) is 2.35. The van der Waals surface area contributed by atoms with E-state index in [1.54, 1.807) is 6.07 Å². The summed E-state index contributed by atoms with van der Waals surface area (Å²) < 4.78 is 36.8. The van der Waals surface area contributed by atoms with Gasteiger partial charge in [-0.25, -0.2) is 12.8 Å². The van der Waals surface area contributed by atoms with Crippen LogP contribution < -0.4 is 0 Å². The van der Waals surface area contributed by atoms with Crippen LogP contribution in [-0.2, 0) is 9.84 Å². The number of sulfone groups is 1. The maximum absolute atomic E-state index is 13.7. The van der Waals surface area contributed by atoms with Crippen molar-refractivity contribution < 1.29 is 17.6 Å². The molecule has 0 bridgehead atoms. The third-order valence-electron chi connectivity index (χ3n) is 3.48. The average molecular weight is 299 g/mol. The maximum Gasteiger partial charge on any atom is 0.257 e. The molecule has 1 aromatic carbocycles. The van der Waals surface area contributed by atoms with E-state index in [0.717, 1.165) is 0 Å². The summed E-state index contributed by atoms with van der Waals surface area (Å²) in [5.74, 6) is -0.915. The zero-order valence-electron chi connectivity index (χ0n) is 11.4. The zero-order chi connectivity index (χ0) is 14.8. The zero-order valence-corrected chi connectivity index (χ0v) is 12.2. The van der Waals surface area contributed by atoms with Gasteiger partial charge in [0.15, 0.2) is 9.84 Å². The lowest BCUT2D eigenvalue weighted by atomic mass is 10.1. The summed E-state index contributed by atoms with van der Waals surface area (Å²) in [4.78, 5) is 13.9. The van der Waals surface area contributed by atoms with Crippen LogP contribution in [0.15, 0.2) is 24.3 Å². The van der Waals surface area contributed by atoms with Gasteiger partial charge in [0.1, 0.15) is 5.82 Å². The van der Waals surface area contributed by atoms with Gasteiger partial charge < -0.3 is 4.90 Å². The first kappa shape index (κ1) is 15.0. The minimum atomic E-state index is -3.07. The van der Waals surface area contributed by atoms with Crippen molar-refractivity contribution in [3.05, 3.63) is 35.6 Å². The SMILES string of the molecule is CCCN(C(=O)c1ccccc1F)[C@H]1CCS(=O)(=O)C1. The Hall–Kier alpha value is -1.43. The van der Waals surface area contributed by atoms with E-state index in [-0.39, 0.29) is 23.1 Å². The number of amides is 1. The third kappa shape index (κ3) is 3.17. The molecule has 1 amide bonds. The minimum Gasteiger partial charge on any atom is -0.335 e. The second kappa shape index (κ2) is 5.91. The van der Waals surface area contributed by atoms with Crippen LogP contribution in [-0.4, -0.2) is 43.3 Å². The van der Waals surface area contributed by atoms with Gasteiger partial charge in [0.25, 0.3) is 5.91 Å². The van der Waals surface area contributed by atoms with Crippen molar-refractivity contribution >= 4 is 15.7 Å². The molecule has 1 saturated heterocycles. The Morgan fingerprint density at radius 2 is 2.10 bits per heavy atom. The Morgan fingerprint density at radius 3 is 2.65 bits per heavy atom. The van der Waals surface area contributed by atoms with Crippen molar-refractivity contribution in [1.29, 1.82) is 0 Å². The first-order valence-electron chi connectivity index (χ1n) is 6.70. The Labute approximate surface area is 118 Å². The van der Waals surface area contributed by atoms with Gasteiger partial charge in [-0.1, -0.05) is 19.1 Å². The van der Waals surface area contributed by atoms with E-state index in [9.17, 15) is 17.6 Å². The van der Waals surface area contributed by atoms with Crippen LogP contribution in [0.5, 0.6) is 0 Å². The van der Waals surface area contributed by atoms with E-state index in [2.05, 4.69) is 0 Å².